The van der Waals surface area contributed by atoms with E-state index in [1.165, 1.54) is 14.2 Å². The maximum atomic E-state index is 12.4. The third kappa shape index (κ3) is 2.59. The van der Waals surface area contributed by atoms with Gasteiger partial charge < -0.3 is 4.74 Å². The molecule has 0 aliphatic carbocycles. The average Bonchev–Trinajstić information content (AvgIpc) is 2.92. The average molecular weight is 300 g/mol. The molecule has 1 aliphatic rings. The highest BCUT2D eigenvalue weighted by Crippen LogP contribution is 2.27. The Balaban J connectivity index is 2.11. The molecule has 1 saturated heterocycles. The van der Waals surface area contributed by atoms with Crippen LogP contribution >= 0.6 is 0 Å². The smallest absolute Gasteiger partial charge is 0.298 e. The van der Waals surface area contributed by atoms with E-state index in [0.717, 1.165) is 24.3 Å². The van der Waals surface area contributed by atoms with E-state index < -0.39 is 0 Å². The summed E-state index contributed by atoms with van der Waals surface area (Å²) in [6, 6.07) is 1.70. The van der Waals surface area contributed by atoms with E-state index in [1.54, 1.807) is 16.9 Å². The molecule has 22 heavy (non-hydrogen) atoms. The van der Waals surface area contributed by atoms with Crippen LogP contribution < -0.4 is 5.46 Å². The second-order valence-electron chi connectivity index (χ2n) is 5.24. The highest BCUT2D eigenvalue weighted by molar-refractivity contribution is 6.33. The molecule has 1 aliphatic heterocycles. The number of carbonyl (C=O) groups is 1. The second kappa shape index (κ2) is 6.06. The van der Waals surface area contributed by atoms with Crippen LogP contribution in [0, 0.1) is 0 Å². The minimum Gasteiger partial charge on any atom is -0.356 e. The molecule has 1 atom stereocenters. The predicted molar refractivity (Wildman–Crippen MR) is 80.9 cm³/mol. The SMILES string of the molecule is [B]c1cnc2c(c1)c(C(=O)N(C)OC)nn2C1CCCCO1. The zero-order chi connectivity index (χ0) is 15.7. The summed E-state index contributed by atoms with van der Waals surface area (Å²) in [4.78, 5) is 21.7. The van der Waals surface area contributed by atoms with Crippen LogP contribution in [0.5, 0.6) is 0 Å². The van der Waals surface area contributed by atoms with Gasteiger partial charge in [0, 0.05) is 19.9 Å². The van der Waals surface area contributed by atoms with Gasteiger partial charge in [0.1, 0.15) is 7.85 Å². The van der Waals surface area contributed by atoms with Crippen molar-refractivity contribution in [2.75, 3.05) is 20.8 Å². The van der Waals surface area contributed by atoms with Crippen LogP contribution in [0.25, 0.3) is 11.0 Å². The molecule has 8 heteroatoms. The zero-order valence-corrected chi connectivity index (χ0v) is 12.7. The molecule has 1 unspecified atom stereocenters. The lowest BCUT2D eigenvalue weighted by molar-refractivity contribution is -0.0762. The Hall–Kier alpha value is -1.93. The fourth-order valence-electron chi connectivity index (χ4n) is 2.55. The summed E-state index contributed by atoms with van der Waals surface area (Å²) in [5.74, 6) is -0.352. The lowest BCUT2D eigenvalue weighted by atomic mass is 9.97. The van der Waals surface area contributed by atoms with Crippen molar-refractivity contribution in [1.82, 2.24) is 19.8 Å². The highest BCUT2D eigenvalue weighted by Gasteiger charge is 2.26. The van der Waals surface area contributed by atoms with Crippen molar-refractivity contribution in [3.05, 3.63) is 18.0 Å². The Morgan fingerprint density at radius 2 is 2.36 bits per heavy atom. The fourth-order valence-corrected chi connectivity index (χ4v) is 2.55. The van der Waals surface area contributed by atoms with Gasteiger partial charge in [-0.25, -0.2) is 14.7 Å². The normalized spacial score (nSPS) is 18.5. The number of carbonyl (C=O) groups excluding carboxylic acids is 1. The molecule has 0 N–H and O–H groups in total. The Kier molecular flexibility index (Phi) is 4.13. The van der Waals surface area contributed by atoms with Gasteiger partial charge in [0.2, 0.25) is 0 Å². The molecule has 1 amide bonds. The van der Waals surface area contributed by atoms with Gasteiger partial charge in [-0.05, 0) is 19.3 Å². The minimum absolute atomic E-state index is 0.207. The minimum atomic E-state index is -0.352. The predicted octanol–water partition coefficient (Wildman–Crippen LogP) is 0.558. The molecule has 0 bridgehead atoms. The molecule has 3 rings (SSSR count). The number of fused-ring (bicyclic) bond motifs is 1. The molecule has 0 saturated carbocycles. The van der Waals surface area contributed by atoms with Gasteiger partial charge in [0.15, 0.2) is 17.6 Å². The van der Waals surface area contributed by atoms with E-state index in [1.807, 2.05) is 0 Å². The molecule has 0 spiro atoms. The first-order chi connectivity index (χ1) is 10.6. The molecule has 3 heterocycles. The molecule has 7 nitrogen and oxygen atoms in total. The Bertz CT molecular complexity index is 697. The van der Waals surface area contributed by atoms with E-state index in [2.05, 4.69) is 10.1 Å². The second-order valence-corrected chi connectivity index (χ2v) is 5.24. The first-order valence-corrected chi connectivity index (χ1v) is 7.19. The molecule has 114 valence electrons. The first kappa shape index (κ1) is 15.0. The van der Waals surface area contributed by atoms with Crippen molar-refractivity contribution in [3.63, 3.8) is 0 Å². The standard InChI is InChI=1S/C14H17BN4O3/c1-18(21-2)14(20)12-10-7-9(15)8-16-13(10)19(17-12)11-5-3-4-6-22-11/h7-8,11H,3-6H2,1-2H3. The summed E-state index contributed by atoms with van der Waals surface area (Å²) in [6.07, 6.45) is 4.28. The Morgan fingerprint density at radius 1 is 1.55 bits per heavy atom. The first-order valence-electron chi connectivity index (χ1n) is 7.19. The molecule has 2 radical (unpaired) electrons. The summed E-state index contributed by atoms with van der Waals surface area (Å²) in [5.41, 5.74) is 1.33. The van der Waals surface area contributed by atoms with Gasteiger partial charge in [-0.2, -0.15) is 5.10 Å². The van der Waals surface area contributed by atoms with Crippen LogP contribution in [0.3, 0.4) is 0 Å². The summed E-state index contributed by atoms with van der Waals surface area (Å²) >= 11 is 0. The van der Waals surface area contributed by atoms with Crippen molar-refractivity contribution in [1.29, 1.82) is 0 Å². The quantitative estimate of drug-likeness (QED) is 0.612. The van der Waals surface area contributed by atoms with Crippen LogP contribution in [0.2, 0.25) is 0 Å². The van der Waals surface area contributed by atoms with Gasteiger partial charge in [0.25, 0.3) is 5.91 Å². The molecular formula is C14H17BN4O3. The Morgan fingerprint density at radius 3 is 3.05 bits per heavy atom. The lowest BCUT2D eigenvalue weighted by Gasteiger charge is -2.23. The number of ether oxygens (including phenoxy) is 1. The van der Waals surface area contributed by atoms with Gasteiger partial charge in [0.05, 0.1) is 12.5 Å². The van der Waals surface area contributed by atoms with Crippen LogP contribution in [0.15, 0.2) is 12.3 Å². The molecule has 2 aromatic rings. The molecule has 1 fully saturated rings. The summed E-state index contributed by atoms with van der Waals surface area (Å²) < 4.78 is 7.43. The van der Waals surface area contributed by atoms with Gasteiger partial charge in [-0.3, -0.25) is 9.63 Å². The number of nitrogens with zero attached hydrogens (tertiary/aromatic N) is 4. The zero-order valence-electron chi connectivity index (χ0n) is 12.7. The van der Waals surface area contributed by atoms with Crippen molar-refractivity contribution >= 4 is 30.2 Å². The number of rotatable bonds is 3. The largest absolute Gasteiger partial charge is 0.356 e. The molecule has 0 aromatic carbocycles. The van der Waals surface area contributed by atoms with Crippen LogP contribution in [0.1, 0.15) is 36.0 Å². The van der Waals surface area contributed by atoms with E-state index in [9.17, 15) is 4.79 Å². The van der Waals surface area contributed by atoms with Crippen molar-refractivity contribution in [2.45, 2.75) is 25.5 Å². The van der Waals surface area contributed by atoms with Gasteiger partial charge in [-0.15, -0.1) is 0 Å². The van der Waals surface area contributed by atoms with Gasteiger partial charge >= 0.3 is 0 Å². The summed E-state index contributed by atoms with van der Waals surface area (Å²) in [5, 5.41) is 6.15. The van der Waals surface area contributed by atoms with E-state index in [-0.39, 0.29) is 17.8 Å². The molecular weight excluding hydrogens is 283 g/mol. The van der Waals surface area contributed by atoms with Crippen LogP contribution in [-0.4, -0.2) is 54.3 Å². The van der Waals surface area contributed by atoms with E-state index in [4.69, 9.17) is 17.4 Å². The van der Waals surface area contributed by atoms with Crippen molar-refractivity contribution < 1.29 is 14.4 Å². The fraction of sp³-hybridized carbons (Fsp3) is 0.500. The van der Waals surface area contributed by atoms with Crippen LogP contribution in [-0.2, 0) is 9.57 Å². The highest BCUT2D eigenvalue weighted by atomic mass is 16.7. The number of amides is 1. The number of pyridine rings is 1. The lowest BCUT2D eigenvalue weighted by Crippen LogP contribution is -2.26. The summed E-state index contributed by atoms with van der Waals surface area (Å²) in [6.45, 7) is 0.683. The third-order valence-corrected chi connectivity index (χ3v) is 3.76. The Labute approximate surface area is 129 Å². The number of hydrogen-bond acceptors (Lipinski definition) is 5. The number of hydrogen-bond donors (Lipinski definition) is 0. The van der Waals surface area contributed by atoms with E-state index >= 15 is 0 Å². The summed E-state index contributed by atoms with van der Waals surface area (Å²) in [7, 11) is 8.76. The monoisotopic (exact) mass is 300 g/mol. The van der Waals surface area contributed by atoms with Crippen molar-refractivity contribution in [3.8, 4) is 0 Å². The third-order valence-electron chi connectivity index (χ3n) is 3.76. The number of hydroxylamine groups is 2. The molecule has 2 aromatic heterocycles. The topological polar surface area (TPSA) is 69.5 Å². The van der Waals surface area contributed by atoms with Gasteiger partial charge in [-0.1, -0.05) is 11.5 Å². The van der Waals surface area contributed by atoms with E-state index in [0.29, 0.717) is 23.1 Å². The van der Waals surface area contributed by atoms with Crippen LogP contribution in [0.4, 0.5) is 0 Å². The maximum Gasteiger partial charge on any atom is 0.298 e. The maximum absolute atomic E-state index is 12.4. The van der Waals surface area contributed by atoms with Crippen molar-refractivity contribution in [2.24, 2.45) is 0 Å². The number of aromatic nitrogens is 3.